The Bertz CT molecular complexity index is 256. The molecule has 0 saturated carbocycles. The molecule has 6 heteroatoms. The lowest BCUT2D eigenvalue weighted by atomic mass is 10.2. The molecular formula is C5H4N2O4. The Morgan fingerprint density at radius 2 is 2.36 bits per heavy atom. The number of nitrogens with zero attached hydrogens (tertiary/aromatic N) is 1. The minimum absolute atomic E-state index is 0.528. The average molecular weight is 156 g/mol. The van der Waals surface area contributed by atoms with Gasteiger partial charge in [0.05, 0.1) is 0 Å². The van der Waals surface area contributed by atoms with Crippen LogP contribution >= 0.6 is 0 Å². The van der Waals surface area contributed by atoms with Crippen molar-refractivity contribution in [3.05, 3.63) is 0 Å². The van der Waals surface area contributed by atoms with Crippen LogP contribution in [0, 0.1) is 11.5 Å². The number of carbonyl (C=O) groups excluding carboxylic acids is 2. The summed E-state index contributed by atoms with van der Waals surface area (Å²) in [6.07, 6.45) is 0.610. The van der Waals surface area contributed by atoms with Crippen LogP contribution in [0.25, 0.3) is 0 Å². The Labute approximate surface area is 61.4 Å². The van der Waals surface area contributed by atoms with Gasteiger partial charge in [0.25, 0.3) is 6.26 Å². The van der Waals surface area contributed by atoms with E-state index in [1.165, 1.54) is 0 Å². The monoisotopic (exact) mass is 156 g/mol. The molecule has 1 rings (SSSR count). The Morgan fingerprint density at radius 1 is 1.73 bits per heavy atom. The third kappa shape index (κ3) is 1.13. The second-order valence-corrected chi connectivity index (χ2v) is 2.03. The zero-order chi connectivity index (χ0) is 8.48. The van der Waals surface area contributed by atoms with Gasteiger partial charge in [-0.2, -0.15) is 5.26 Å². The highest BCUT2D eigenvalue weighted by Gasteiger charge is 2.48. The second-order valence-electron chi connectivity index (χ2n) is 2.03. The SMILES string of the molecule is N#COC1(O)CC(=O)NC1=O. The fourth-order valence-electron chi connectivity index (χ4n) is 0.724. The molecule has 0 aromatic rings. The van der Waals surface area contributed by atoms with Crippen LogP contribution in [0.2, 0.25) is 0 Å². The first kappa shape index (κ1) is 7.50. The van der Waals surface area contributed by atoms with Gasteiger partial charge in [-0.3, -0.25) is 14.9 Å². The van der Waals surface area contributed by atoms with Crippen LogP contribution in [0.1, 0.15) is 6.42 Å². The predicted octanol–water partition coefficient (Wildman–Crippen LogP) is -1.78. The number of amides is 2. The number of hydrogen-bond donors (Lipinski definition) is 2. The van der Waals surface area contributed by atoms with Gasteiger partial charge in [0, 0.05) is 0 Å². The highest BCUT2D eigenvalue weighted by molar-refractivity contribution is 6.06. The van der Waals surface area contributed by atoms with E-state index in [1.807, 2.05) is 0 Å². The summed E-state index contributed by atoms with van der Waals surface area (Å²) in [6, 6.07) is 0. The highest BCUT2D eigenvalue weighted by atomic mass is 16.6. The van der Waals surface area contributed by atoms with E-state index in [0.29, 0.717) is 0 Å². The standard InChI is InChI=1S/C5H4N2O4/c6-2-11-5(10)1-3(8)7-4(5)9/h10H,1H2,(H,7,8,9). The van der Waals surface area contributed by atoms with E-state index < -0.39 is 24.0 Å². The first-order chi connectivity index (χ1) is 5.08. The van der Waals surface area contributed by atoms with E-state index in [1.54, 1.807) is 5.32 Å². The van der Waals surface area contributed by atoms with E-state index >= 15 is 0 Å². The number of aliphatic hydroxyl groups is 1. The molecule has 11 heavy (non-hydrogen) atoms. The molecule has 0 aliphatic carbocycles. The average Bonchev–Trinajstić information content (AvgIpc) is 2.08. The molecule has 1 fully saturated rings. The fraction of sp³-hybridized carbons (Fsp3) is 0.400. The summed E-state index contributed by atoms with van der Waals surface area (Å²) in [7, 11) is 0. The summed E-state index contributed by atoms with van der Waals surface area (Å²) in [5.41, 5.74) is 0. The lowest BCUT2D eigenvalue weighted by Crippen LogP contribution is -2.39. The molecule has 2 amide bonds. The van der Waals surface area contributed by atoms with Gasteiger partial charge in [0.2, 0.25) is 5.91 Å². The van der Waals surface area contributed by atoms with Crippen LogP contribution in [0.5, 0.6) is 0 Å². The summed E-state index contributed by atoms with van der Waals surface area (Å²) >= 11 is 0. The van der Waals surface area contributed by atoms with Gasteiger partial charge < -0.3 is 9.84 Å². The topological polar surface area (TPSA) is 99.4 Å². The van der Waals surface area contributed by atoms with Crippen molar-refractivity contribution in [2.75, 3.05) is 0 Å². The van der Waals surface area contributed by atoms with Gasteiger partial charge >= 0.3 is 11.7 Å². The number of carbonyl (C=O) groups is 2. The van der Waals surface area contributed by atoms with Gasteiger partial charge in [0.15, 0.2) is 0 Å². The summed E-state index contributed by atoms with van der Waals surface area (Å²) in [6.45, 7) is 0. The largest absolute Gasteiger partial charge is 0.382 e. The Hall–Kier alpha value is -1.61. The second kappa shape index (κ2) is 2.21. The van der Waals surface area contributed by atoms with Crippen molar-refractivity contribution in [1.82, 2.24) is 5.32 Å². The molecule has 0 radical (unpaired) electrons. The normalized spacial score (nSPS) is 29.5. The lowest BCUT2D eigenvalue weighted by molar-refractivity contribution is -0.176. The number of nitriles is 1. The van der Waals surface area contributed by atoms with E-state index in [-0.39, 0.29) is 0 Å². The first-order valence-corrected chi connectivity index (χ1v) is 2.72. The van der Waals surface area contributed by atoms with Gasteiger partial charge in [0.1, 0.15) is 6.42 Å². The summed E-state index contributed by atoms with van der Waals surface area (Å²) in [5.74, 6) is -3.94. The Kier molecular flexibility index (Phi) is 1.51. The molecular weight excluding hydrogens is 152 g/mol. The van der Waals surface area contributed by atoms with Gasteiger partial charge in [-0.25, -0.2) is 0 Å². The maximum Gasteiger partial charge on any atom is 0.309 e. The van der Waals surface area contributed by atoms with Crippen LogP contribution in [0.4, 0.5) is 0 Å². The van der Waals surface area contributed by atoms with Crippen molar-refractivity contribution < 1.29 is 19.4 Å². The molecule has 0 aromatic heterocycles. The van der Waals surface area contributed by atoms with Crippen molar-refractivity contribution >= 4 is 11.8 Å². The van der Waals surface area contributed by atoms with E-state index in [0.717, 1.165) is 6.26 Å². The molecule has 1 aliphatic heterocycles. The number of rotatable bonds is 1. The van der Waals surface area contributed by atoms with Crippen molar-refractivity contribution in [3.63, 3.8) is 0 Å². The summed E-state index contributed by atoms with van der Waals surface area (Å²) in [4.78, 5) is 21.1. The number of hydrogen-bond acceptors (Lipinski definition) is 5. The minimum atomic E-state index is -2.29. The number of imide groups is 1. The molecule has 0 bridgehead atoms. The predicted molar refractivity (Wildman–Crippen MR) is 29.4 cm³/mol. The summed E-state index contributed by atoms with van der Waals surface area (Å²) < 4.78 is 4.00. The first-order valence-electron chi connectivity index (χ1n) is 2.72. The molecule has 2 N–H and O–H groups in total. The molecule has 1 aliphatic rings. The maximum atomic E-state index is 10.6. The quantitative estimate of drug-likeness (QED) is 0.265. The van der Waals surface area contributed by atoms with Crippen molar-refractivity contribution in [3.8, 4) is 6.26 Å². The molecule has 1 unspecified atom stereocenters. The van der Waals surface area contributed by atoms with Crippen molar-refractivity contribution in [1.29, 1.82) is 5.26 Å². The molecule has 0 spiro atoms. The molecule has 1 atom stereocenters. The van der Waals surface area contributed by atoms with Crippen LogP contribution < -0.4 is 5.32 Å². The van der Waals surface area contributed by atoms with Crippen LogP contribution in [0.3, 0.4) is 0 Å². The lowest BCUT2D eigenvalue weighted by Gasteiger charge is -2.12. The van der Waals surface area contributed by atoms with Crippen LogP contribution in [0.15, 0.2) is 0 Å². The molecule has 58 valence electrons. The van der Waals surface area contributed by atoms with E-state index in [4.69, 9.17) is 10.4 Å². The molecule has 0 aromatic carbocycles. The number of nitrogens with one attached hydrogen (secondary N) is 1. The minimum Gasteiger partial charge on any atom is -0.382 e. The molecule has 1 saturated heterocycles. The zero-order valence-electron chi connectivity index (χ0n) is 5.33. The molecule has 6 nitrogen and oxygen atoms in total. The number of ether oxygens (including phenoxy) is 1. The van der Waals surface area contributed by atoms with Gasteiger partial charge in [-0.05, 0) is 0 Å². The van der Waals surface area contributed by atoms with Crippen LogP contribution in [-0.2, 0) is 14.3 Å². The smallest absolute Gasteiger partial charge is 0.309 e. The van der Waals surface area contributed by atoms with E-state index in [2.05, 4.69) is 4.74 Å². The van der Waals surface area contributed by atoms with E-state index in [9.17, 15) is 9.59 Å². The third-order valence-electron chi connectivity index (χ3n) is 1.22. The zero-order valence-corrected chi connectivity index (χ0v) is 5.33. The maximum absolute atomic E-state index is 10.6. The Balaban J connectivity index is 2.80. The highest BCUT2D eigenvalue weighted by Crippen LogP contribution is 2.17. The summed E-state index contributed by atoms with van der Waals surface area (Å²) in [5, 5.41) is 18.8. The van der Waals surface area contributed by atoms with Crippen molar-refractivity contribution in [2.45, 2.75) is 12.2 Å². The Morgan fingerprint density at radius 3 is 2.73 bits per heavy atom. The van der Waals surface area contributed by atoms with Crippen molar-refractivity contribution in [2.24, 2.45) is 0 Å². The van der Waals surface area contributed by atoms with Gasteiger partial charge in [-0.15, -0.1) is 0 Å². The van der Waals surface area contributed by atoms with Gasteiger partial charge in [-0.1, -0.05) is 0 Å². The van der Waals surface area contributed by atoms with Crippen LogP contribution in [-0.4, -0.2) is 22.7 Å². The molecule has 1 heterocycles. The fourth-order valence-corrected chi connectivity index (χ4v) is 0.724. The third-order valence-corrected chi connectivity index (χ3v) is 1.22.